The second kappa shape index (κ2) is 4.73. The van der Waals surface area contributed by atoms with E-state index in [9.17, 15) is 4.79 Å². The molecule has 2 N–H and O–H groups in total. The number of anilines is 2. The molecule has 0 spiro atoms. The van der Waals surface area contributed by atoms with Gasteiger partial charge in [-0.25, -0.2) is 0 Å². The number of rotatable bonds is 2. The molecule has 102 valence electrons. The van der Waals surface area contributed by atoms with Crippen molar-refractivity contribution in [2.75, 3.05) is 24.5 Å². The van der Waals surface area contributed by atoms with Gasteiger partial charge in [0, 0.05) is 25.0 Å². The number of carbonyl (C=O) groups excluding carboxylic acids is 1. The maximum Gasteiger partial charge on any atom is 0.260 e. The highest BCUT2D eigenvalue weighted by molar-refractivity contribution is 6.09. The van der Waals surface area contributed by atoms with E-state index in [0.29, 0.717) is 28.4 Å². The van der Waals surface area contributed by atoms with Crippen LogP contribution in [0.25, 0.3) is 0 Å². The zero-order valence-corrected chi connectivity index (χ0v) is 10.9. The normalized spacial score (nSPS) is 12.2. The first-order valence-corrected chi connectivity index (χ1v) is 6.04. The van der Waals surface area contributed by atoms with Crippen molar-refractivity contribution in [1.82, 2.24) is 4.98 Å². The lowest BCUT2D eigenvalue weighted by atomic mass is 10.1. The molecule has 20 heavy (non-hydrogen) atoms. The van der Waals surface area contributed by atoms with Crippen LogP contribution in [-0.4, -0.2) is 24.7 Å². The number of aromatic nitrogens is 1. The van der Waals surface area contributed by atoms with Gasteiger partial charge in [-0.1, -0.05) is 0 Å². The highest BCUT2D eigenvalue weighted by Crippen LogP contribution is 2.36. The Morgan fingerprint density at radius 2 is 2.10 bits per heavy atom. The molecule has 0 aliphatic carbocycles. The van der Waals surface area contributed by atoms with Crippen molar-refractivity contribution >= 4 is 17.3 Å². The molecule has 1 aliphatic rings. The predicted molar refractivity (Wildman–Crippen MR) is 73.9 cm³/mol. The van der Waals surface area contributed by atoms with Gasteiger partial charge in [0.05, 0.1) is 17.4 Å². The Hall–Kier alpha value is -2.76. The molecular weight excluding hydrogens is 258 g/mol. The fraction of sp³-hybridized carbons (Fsp3) is 0.143. The number of benzene rings is 1. The van der Waals surface area contributed by atoms with Crippen molar-refractivity contribution < 1.29 is 14.3 Å². The standard InChI is InChI=1S/C14H13N3O3/c1-17(9-3-2-4-16-7-9)14(18)10-5-12-13(6-11(10)15)20-8-19-12/h2-7H,8,15H2,1H3. The van der Waals surface area contributed by atoms with Crippen LogP contribution >= 0.6 is 0 Å². The fourth-order valence-corrected chi connectivity index (χ4v) is 1.99. The first-order valence-electron chi connectivity index (χ1n) is 6.04. The van der Waals surface area contributed by atoms with Crippen molar-refractivity contribution in [2.45, 2.75) is 0 Å². The molecule has 0 bridgehead atoms. The van der Waals surface area contributed by atoms with Gasteiger partial charge in [0.15, 0.2) is 11.5 Å². The minimum Gasteiger partial charge on any atom is -0.454 e. The summed E-state index contributed by atoms with van der Waals surface area (Å²) in [7, 11) is 1.67. The van der Waals surface area contributed by atoms with Gasteiger partial charge in [0.1, 0.15) is 0 Å². The highest BCUT2D eigenvalue weighted by Gasteiger charge is 2.22. The van der Waals surface area contributed by atoms with Crippen LogP contribution in [0.2, 0.25) is 0 Å². The van der Waals surface area contributed by atoms with E-state index in [4.69, 9.17) is 15.2 Å². The lowest BCUT2D eigenvalue weighted by Gasteiger charge is -2.18. The number of nitrogens with two attached hydrogens (primary N) is 1. The Morgan fingerprint density at radius 3 is 2.80 bits per heavy atom. The molecule has 0 fully saturated rings. The third-order valence-electron chi connectivity index (χ3n) is 3.11. The second-order valence-corrected chi connectivity index (χ2v) is 4.37. The Kier molecular flexibility index (Phi) is 2.90. The van der Waals surface area contributed by atoms with E-state index in [1.54, 1.807) is 43.7 Å². The molecule has 1 aromatic carbocycles. The average molecular weight is 271 g/mol. The Morgan fingerprint density at radius 1 is 1.35 bits per heavy atom. The van der Waals surface area contributed by atoms with E-state index < -0.39 is 0 Å². The highest BCUT2D eigenvalue weighted by atomic mass is 16.7. The molecule has 2 heterocycles. The summed E-state index contributed by atoms with van der Waals surface area (Å²) in [5, 5.41) is 0. The first kappa shape index (κ1) is 12.3. The molecule has 3 rings (SSSR count). The van der Waals surface area contributed by atoms with Crippen LogP contribution in [0.5, 0.6) is 11.5 Å². The zero-order chi connectivity index (χ0) is 14.1. The Bertz CT molecular complexity index is 658. The summed E-state index contributed by atoms with van der Waals surface area (Å²) in [5.41, 5.74) is 7.33. The van der Waals surface area contributed by atoms with E-state index >= 15 is 0 Å². The monoisotopic (exact) mass is 271 g/mol. The van der Waals surface area contributed by atoms with Gasteiger partial charge in [0.25, 0.3) is 5.91 Å². The van der Waals surface area contributed by atoms with Gasteiger partial charge in [-0.2, -0.15) is 0 Å². The third kappa shape index (κ3) is 2.01. The number of hydrogen-bond donors (Lipinski definition) is 1. The van der Waals surface area contributed by atoms with Crippen molar-refractivity contribution in [3.05, 3.63) is 42.2 Å². The SMILES string of the molecule is CN(C(=O)c1cc2c(cc1N)OCO2)c1cccnc1. The summed E-state index contributed by atoms with van der Waals surface area (Å²) < 4.78 is 10.5. The van der Waals surface area contributed by atoms with Crippen molar-refractivity contribution in [3.8, 4) is 11.5 Å². The number of carbonyl (C=O) groups is 1. The summed E-state index contributed by atoms with van der Waals surface area (Å²) in [6.45, 7) is 0.144. The van der Waals surface area contributed by atoms with Gasteiger partial charge in [-0.15, -0.1) is 0 Å². The minimum absolute atomic E-state index is 0.144. The smallest absolute Gasteiger partial charge is 0.260 e. The lowest BCUT2D eigenvalue weighted by Crippen LogP contribution is -2.27. The number of pyridine rings is 1. The number of fused-ring (bicyclic) bond motifs is 1. The molecule has 1 amide bonds. The van der Waals surface area contributed by atoms with Crippen LogP contribution in [0.1, 0.15) is 10.4 Å². The van der Waals surface area contributed by atoms with Gasteiger partial charge < -0.3 is 20.1 Å². The van der Waals surface area contributed by atoms with Crippen LogP contribution in [0.4, 0.5) is 11.4 Å². The molecule has 0 saturated heterocycles. The van der Waals surface area contributed by atoms with Crippen LogP contribution in [0.3, 0.4) is 0 Å². The number of ether oxygens (including phenoxy) is 2. The Balaban J connectivity index is 1.95. The molecule has 2 aromatic rings. The van der Waals surface area contributed by atoms with Crippen LogP contribution in [0.15, 0.2) is 36.7 Å². The number of nitrogens with zero attached hydrogens (tertiary/aromatic N) is 2. The fourth-order valence-electron chi connectivity index (χ4n) is 1.99. The van der Waals surface area contributed by atoms with Crippen molar-refractivity contribution in [2.24, 2.45) is 0 Å². The van der Waals surface area contributed by atoms with Gasteiger partial charge >= 0.3 is 0 Å². The van der Waals surface area contributed by atoms with Crippen molar-refractivity contribution in [1.29, 1.82) is 0 Å². The van der Waals surface area contributed by atoms with E-state index in [1.165, 1.54) is 4.90 Å². The summed E-state index contributed by atoms with van der Waals surface area (Å²) in [5.74, 6) is 0.860. The molecule has 6 nitrogen and oxygen atoms in total. The molecule has 0 atom stereocenters. The minimum atomic E-state index is -0.228. The van der Waals surface area contributed by atoms with E-state index in [1.807, 2.05) is 0 Å². The van der Waals surface area contributed by atoms with E-state index in [2.05, 4.69) is 4.98 Å². The summed E-state index contributed by atoms with van der Waals surface area (Å²) in [4.78, 5) is 18.0. The lowest BCUT2D eigenvalue weighted by molar-refractivity contribution is 0.0993. The Labute approximate surface area is 115 Å². The average Bonchev–Trinajstić information content (AvgIpc) is 2.93. The van der Waals surface area contributed by atoms with Crippen LogP contribution in [-0.2, 0) is 0 Å². The molecule has 0 unspecified atom stereocenters. The van der Waals surface area contributed by atoms with E-state index in [-0.39, 0.29) is 12.7 Å². The summed E-state index contributed by atoms with van der Waals surface area (Å²) >= 11 is 0. The molecule has 1 aromatic heterocycles. The largest absolute Gasteiger partial charge is 0.454 e. The van der Waals surface area contributed by atoms with Crippen LogP contribution in [0, 0.1) is 0 Å². The van der Waals surface area contributed by atoms with Crippen molar-refractivity contribution in [3.63, 3.8) is 0 Å². The first-order chi connectivity index (χ1) is 9.66. The molecule has 0 saturated carbocycles. The maximum absolute atomic E-state index is 12.5. The van der Waals surface area contributed by atoms with Gasteiger partial charge in [-0.3, -0.25) is 9.78 Å². The topological polar surface area (TPSA) is 77.7 Å². The summed E-state index contributed by atoms with van der Waals surface area (Å²) in [6.07, 6.45) is 3.26. The molecule has 6 heteroatoms. The van der Waals surface area contributed by atoms with Crippen LogP contribution < -0.4 is 20.1 Å². The number of nitrogen functional groups attached to an aromatic ring is 1. The second-order valence-electron chi connectivity index (χ2n) is 4.37. The molecule has 0 radical (unpaired) electrons. The molecule has 1 aliphatic heterocycles. The number of hydrogen-bond acceptors (Lipinski definition) is 5. The maximum atomic E-state index is 12.5. The summed E-state index contributed by atoms with van der Waals surface area (Å²) in [6, 6.07) is 6.77. The van der Waals surface area contributed by atoms with Gasteiger partial charge in [-0.05, 0) is 18.2 Å². The van der Waals surface area contributed by atoms with E-state index in [0.717, 1.165) is 0 Å². The predicted octanol–water partition coefficient (Wildman–Crippen LogP) is 1.67. The number of amides is 1. The quantitative estimate of drug-likeness (QED) is 0.841. The third-order valence-corrected chi connectivity index (χ3v) is 3.11. The zero-order valence-electron chi connectivity index (χ0n) is 10.9. The van der Waals surface area contributed by atoms with Gasteiger partial charge in [0.2, 0.25) is 6.79 Å². The molecular formula is C14H13N3O3.